The Hall–Kier alpha value is -0.660. The van der Waals surface area contributed by atoms with Gasteiger partial charge in [-0.25, -0.2) is 0 Å². The monoisotopic (exact) mass is 312 g/mol. The molecule has 0 spiro atoms. The third kappa shape index (κ3) is 4.43. The summed E-state index contributed by atoms with van der Waals surface area (Å²) >= 11 is 12.2. The lowest BCUT2D eigenvalue weighted by molar-refractivity contribution is 0.230. The number of benzene rings is 1. The Bertz CT molecular complexity index is 468. The molecule has 1 aromatic carbocycles. The number of halogens is 2. The normalized spacial score (nSPS) is 16.9. The van der Waals surface area contributed by atoms with Gasteiger partial charge in [-0.1, -0.05) is 68.3 Å². The molecule has 3 heteroatoms. The molecule has 1 aliphatic rings. The van der Waals surface area contributed by atoms with Gasteiger partial charge in [0.1, 0.15) is 11.9 Å². The molecule has 2 rings (SSSR count). The number of ether oxygens (including phenoxy) is 1. The van der Waals surface area contributed by atoms with E-state index in [-0.39, 0.29) is 6.10 Å². The van der Waals surface area contributed by atoms with Crippen molar-refractivity contribution in [3.63, 3.8) is 0 Å². The summed E-state index contributed by atoms with van der Waals surface area (Å²) in [5, 5.41) is 1.25. The summed E-state index contributed by atoms with van der Waals surface area (Å²) in [6.07, 6.45) is 13.2. The first-order valence-corrected chi connectivity index (χ1v) is 8.30. The molecule has 110 valence electrons. The van der Waals surface area contributed by atoms with Crippen LogP contribution in [0.5, 0.6) is 5.75 Å². The van der Waals surface area contributed by atoms with Gasteiger partial charge in [-0.2, -0.15) is 0 Å². The minimum absolute atomic E-state index is 0.146. The fourth-order valence-corrected chi connectivity index (χ4v) is 3.06. The van der Waals surface area contributed by atoms with Crippen LogP contribution in [0, 0.1) is 0 Å². The lowest BCUT2D eigenvalue weighted by atomic mass is 10.0. The molecule has 1 aromatic rings. The van der Waals surface area contributed by atoms with Crippen LogP contribution in [0.4, 0.5) is 0 Å². The molecule has 20 heavy (non-hydrogen) atoms. The smallest absolute Gasteiger partial charge is 0.146 e. The predicted octanol–water partition coefficient (Wildman–Crippen LogP) is 6.52. The molecule has 1 nitrogen and oxygen atoms in total. The van der Waals surface area contributed by atoms with E-state index in [4.69, 9.17) is 27.9 Å². The summed E-state index contributed by atoms with van der Waals surface area (Å²) in [5.74, 6) is 0.773. The van der Waals surface area contributed by atoms with Crippen LogP contribution in [-0.4, -0.2) is 6.10 Å². The van der Waals surface area contributed by atoms with E-state index in [2.05, 4.69) is 19.1 Å². The molecule has 0 aliphatic carbocycles. The lowest BCUT2D eigenvalue weighted by Gasteiger charge is -2.22. The highest BCUT2D eigenvalue weighted by Gasteiger charge is 2.17. The van der Waals surface area contributed by atoms with Gasteiger partial charge in [-0.3, -0.25) is 0 Å². The Morgan fingerprint density at radius 1 is 1.05 bits per heavy atom. The zero-order valence-electron chi connectivity index (χ0n) is 12.0. The van der Waals surface area contributed by atoms with Crippen molar-refractivity contribution in [2.24, 2.45) is 0 Å². The Balaban J connectivity index is 1.80. The minimum Gasteiger partial charge on any atom is -0.484 e. The van der Waals surface area contributed by atoms with Crippen LogP contribution in [0.15, 0.2) is 18.2 Å². The Morgan fingerprint density at radius 2 is 1.80 bits per heavy atom. The highest BCUT2D eigenvalue weighted by molar-refractivity contribution is 6.35. The van der Waals surface area contributed by atoms with E-state index >= 15 is 0 Å². The number of hydrogen-bond acceptors (Lipinski definition) is 1. The van der Waals surface area contributed by atoms with Crippen LogP contribution in [0.25, 0.3) is 6.08 Å². The average Bonchev–Trinajstić information content (AvgIpc) is 2.43. The Labute approximate surface area is 131 Å². The lowest BCUT2D eigenvalue weighted by Crippen LogP contribution is -2.17. The standard InChI is InChI=1S/C17H22Cl2O/c1-2-3-4-5-6-7-8-15-10-9-13-11-14(18)12-16(19)17(13)20-15/h9-12,15H,2-8H2,1H3. The first-order chi connectivity index (χ1) is 9.70. The van der Waals surface area contributed by atoms with E-state index in [0.717, 1.165) is 17.7 Å². The van der Waals surface area contributed by atoms with Crippen molar-refractivity contribution < 1.29 is 4.74 Å². The van der Waals surface area contributed by atoms with Crippen molar-refractivity contribution in [1.29, 1.82) is 0 Å². The molecule has 0 saturated heterocycles. The van der Waals surface area contributed by atoms with Crippen LogP contribution < -0.4 is 4.74 Å². The van der Waals surface area contributed by atoms with Crippen molar-refractivity contribution in [3.8, 4) is 5.75 Å². The predicted molar refractivity (Wildman–Crippen MR) is 87.9 cm³/mol. The second-order valence-electron chi connectivity index (χ2n) is 5.38. The van der Waals surface area contributed by atoms with Gasteiger partial charge in [-0.05, 0) is 31.1 Å². The summed E-state index contributed by atoms with van der Waals surface area (Å²) in [7, 11) is 0. The second kappa shape index (κ2) is 7.95. The van der Waals surface area contributed by atoms with Crippen LogP contribution >= 0.6 is 23.2 Å². The van der Waals surface area contributed by atoms with Crippen LogP contribution in [0.1, 0.15) is 57.4 Å². The largest absolute Gasteiger partial charge is 0.484 e. The zero-order chi connectivity index (χ0) is 14.4. The quantitative estimate of drug-likeness (QED) is 0.521. The maximum atomic E-state index is 6.19. The Kier molecular flexibility index (Phi) is 6.25. The first kappa shape index (κ1) is 15.7. The minimum atomic E-state index is 0.146. The van der Waals surface area contributed by atoms with E-state index in [9.17, 15) is 0 Å². The topological polar surface area (TPSA) is 9.23 Å². The van der Waals surface area contributed by atoms with Gasteiger partial charge >= 0.3 is 0 Å². The number of hydrogen-bond donors (Lipinski definition) is 0. The summed E-state index contributed by atoms with van der Waals surface area (Å²) < 4.78 is 5.97. The zero-order valence-corrected chi connectivity index (χ0v) is 13.5. The van der Waals surface area contributed by atoms with Crippen molar-refractivity contribution in [2.45, 2.75) is 58.0 Å². The fourth-order valence-electron chi connectivity index (χ4n) is 2.51. The van der Waals surface area contributed by atoms with Crippen molar-refractivity contribution in [2.75, 3.05) is 0 Å². The fraction of sp³-hybridized carbons (Fsp3) is 0.529. The van der Waals surface area contributed by atoms with E-state index in [0.29, 0.717) is 10.0 Å². The molecule has 0 aromatic heterocycles. The van der Waals surface area contributed by atoms with Crippen LogP contribution in [-0.2, 0) is 0 Å². The molecule has 0 bridgehead atoms. The number of unbranched alkanes of at least 4 members (excludes halogenated alkanes) is 5. The van der Waals surface area contributed by atoms with Crippen LogP contribution in [0.3, 0.4) is 0 Å². The SMILES string of the molecule is CCCCCCCCC1C=Cc2cc(Cl)cc(Cl)c2O1. The summed E-state index contributed by atoms with van der Waals surface area (Å²) in [6.45, 7) is 2.24. The van der Waals surface area contributed by atoms with E-state index in [1.54, 1.807) is 6.07 Å². The molecule has 0 amide bonds. The number of fused-ring (bicyclic) bond motifs is 1. The molecule has 0 saturated carbocycles. The van der Waals surface area contributed by atoms with Gasteiger partial charge in [0, 0.05) is 10.6 Å². The summed E-state index contributed by atoms with van der Waals surface area (Å²) in [6, 6.07) is 3.63. The van der Waals surface area contributed by atoms with E-state index < -0.39 is 0 Å². The van der Waals surface area contributed by atoms with Gasteiger partial charge in [0.2, 0.25) is 0 Å². The highest BCUT2D eigenvalue weighted by Crippen LogP contribution is 2.37. The summed E-state index contributed by atoms with van der Waals surface area (Å²) in [4.78, 5) is 0. The molecular weight excluding hydrogens is 291 g/mol. The molecule has 1 aliphatic heterocycles. The molecule has 0 fully saturated rings. The van der Waals surface area contributed by atoms with Gasteiger partial charge in [0.15, 0.2) is 0 Å². The third-order valence-corrected chi connectivity index (χ3v) is 4.14. The molecule has 0 N–H and O–H groups in total. The average molecular weight is 313 g/mol. The number of rotatable bonds is 7. The first-order valence-electron chi connectivity index (χ1n) is 7.54. The maximum absolute atomic E-state index is 6.19. The van der Waals surface area contributed by atoms with Gasteiger partial charge < -0.3 is 4.74 Å². The van der Waals surface area contributed by atoms with Crippen molar-refractivity contribution in [3.05, 3.63) is 33.8 Å². The Morgan fingerprint density at radius 3 is 2.60 bits per heavy atom. The molecular formula is C17H22Cl2O. The molecule has 0 radical (unpaired) electrons. The highest BCUT2D eigenvalue weighted by atomic mass is 35.5. The third-order valence-electron chi connectivity index (χ3n) is 3.64. The molecule has 1 atom stereocenters. The summed E-state index contributed by atoms with van der Waals surface area (Å²) in [5.41, 5.74) is 0.974. The molecule has 1 heterocycles. The maximum Gasteiger partial charge on any atom is 0.146 e. The van der Waals surface area contributed by atoms with E-state index in [1.165, 1.54) is 38.5 Å². The molecule has 1 unspecified atom stereocenters. The van der Waals surface area contributed by atoms with Crippen LogP contribution in [0.2, 0.25) is 10.0 Å². The van der Waals surface area contributed by atoms with Gasteiger partial charge in [0.25, 0.3) is 0 Å². The van der Waals surface area contributed by atoms with Gasteiger partial charge in [-0.15, -0.1) is 0 Å². The van der Waals surface area contributed by atoms with Gasteiger partial charge in [0.05, 0.1) is 5.02 Å². The van der Waals surface area contributed by atoms with E-state index in [1.807, 2.05) is 6.07 Å². The van der Waals surface area contributed by atoms with Crippen molar-refractivity contribution >= 4 is 29.3 Å². The second-order valence-corrected chi connectivity index (χ2v) is 6.22. The van der Waals surface area contributed by atoms with Crippen molar-refractivity contribution in [1.82, 2.24) is 0 Å².